The van der Waals surface area contributed by atoms with Crippen molar-refractivity contribution in [2.45, 2.75) is 44.3 Å². The van der Waals surface area contributed by atoms with E-state index in [2.05, 4.69) is 40.2 Å². The predicted octanol–water partition coefficient (Wildman–Crippen LogP) is 3.43. The summed E-state index contributed by atoms with van der Waals surface area (Å²) in [5.74, 6) is 2.03. The molecule has 1 aromatic heterocycles. The monoisotopic (exact) mass is 323 g/mol. The fourth-order valence-corrected chi connectivity index (χ4v) is 3.65. The highest BCUT2D eigenvalue weighted by Gasteiger charge is 2.44. The van der Waals surface area contributed by atoms with Crippen LogP contribution >= 0.6 is 0 Å². The summed E-state index contributed by atoms with van der Waals surface area (Å²) < 4.78 is 11.8. The Hall–Kier alpha value is -2.32. The Balaban J connectivity index is 1.57. The number of hydrogen-bond acceptors (Lipinski definition) is 5. The Morgan fingerprint density at radius 3 is 2.50 bits per heavy atom. The van der Waals surface area contributed by atoms with E-state index in [1.807, 2.05) is 19.9 Å². The maximum Gasteiger partial charge on any atom is 0.234 e. The molecule has 0 bridgehead atoms. The maximum atomic E-state index is 9.45. The molecule has 2 fully saturated rings. The summed E-state index contributed by atoms with van der Waals surface area (Å²) in [5, 5.41) is 9.45. The molecule has 4 atom stereocenters. The SMILES string of the molecule is C[C@@H]1CN(c2oc([C@H]3C[C@@H]3c3ccccc3)nc2C#N)C[C@H](C)O1. The summed E-state index contributed by atoms with van der Waals surface area (Å²) in [6.07, 6.45) is 1.27. The molecule has 1 aliphatic carbocycles. The van der Waals surface area contributed by atoms with Crippen LogP contribution in [0.4, 0.5) is 5.88 Å². The molecule has 1 saturated carbocycles. The first-order chi connectivity index (χ1) is 11.7. The molecule has 2 aromatic rings. The van der Waals surface area contributed by atoms with Crippen LogP contribution in [0.1, 0.15) is 49.3 Å². The molecule has 4 rings (SSSR count). The van der Waals surface area contributed by atoms with E-state index in [-0.39, 0.29) is 18.1 Å². The smallest absolute Gasteiger partial charge is 0.234 e. The van der Waals surface area contributed by atoms with Crippen molar-refractivity contribution in [3.63, 3.8) is 0 Å². The minimum Gasteiger partial charge on any atom is -0.423 e. The van der Waals surface area contributed by atoms with E-state index in [0.717, 1.165) is 19.5 Å². The van der Waals surface area contributed by atoms with Crippen LogP contribution in [0.15, 0.2) is 34.7 Å². The minimum absolute atomic E-state index is 0.117. The van der Waals surface area contributed by atoms with Crippen LogP contribution in [-0.4, -0.2) is 30.3 Å². The topological polar surface area (TPSA) is 62.3 Å². The third-order valence-electron chi connectivity index (χ3n) is 4.77. The van der Waals surface area contributed by atoms with Crippen molar-refractivity contribution in [2.24, 2.45) is 0 Å². The van der Waals surface area contributed by atoms with Gasteiger partial charge >= 0.3 is 0 Å². The predicted molar refractivity (Wildman–Crippen MR) is 90.0 cm³/mol. The number of nitrogens with zero attached hydrogens (tertiary/aromatic N) is 3. The van der Waals surface area contributed by atoms with E-state index >= 15 is 0 Å². The normalized spacial score (nSPS) is 29.3. The van der Waals surface area contributed by atoms with Crippen molar-refractivity contribution >= 4 is 5.88 Å². The lowest BCUT2D eigenvalue weighted by Crippen LogP contribution is -2.45. The second-order valence-electron chi connectivity index (χ2n) is 6.84. The lowest BCUT2D eigenvalue weighted by molar-refractivity contribution is -0.00647. The van der Waals surface area contributed by atoms with E-state index in [4.69, 9.17) is 9.15 Å². The Morgan fingerprint density at radius 1 is 1.12 bits per heavy atom. The van der Waals surface area contributed by atoms with Crippen LogP contribution in [0.25, 0.3) is 0 Å². The molecule has 5 heteroatoms. The Bertz CT molecular complexity index is 755. The van der Waals surface area contributed by atoms with Gasteiger partial charge in [-0.25, -0.2) is 4.98 Å². The zero-order valence-electron chi connectivity index (χ0n) is 14.0. The average Bonchev–Trinajstić information content (AvgIpc) is 3.26. The number of benzene rings is 1. The highest BCUT2D eigenvalue weighted by molar-refractivity contribution is 5.49. The largest absolute Gasteiger partial charge is 0.423 e. The Labute approximate surface area is 141 Å². The Kier molecular flexibility index (Phi) is 3.78. The summed E-state index contributed by atoms with van der Waals surface area (Å²) in [5.41, 5.74) is 1.71. The molecule has 2 aliphatic rings. The number of nitriles is 1. The van der Waals surface area contributed by atoms with Crippen molar-refractivity contribution in [1.29, 1.82) is 5.26 Å². The summed E-state index contributed by atoms with van der Waals surface area (Å²) in [7, 11) is 0. The van der Waals surface area contributed by atoms with Gasteiger partial charge in [0.25, 0.3) is 0 Å². The van der Waals surface area contributed by atoms with Gasteiger partial charge in [0.1, 0.15) is 6.07 Å². The summed E-state index contributed by atoms with van der Waals surface area (Å²) in [6.45, 7) is 5.53. The Morgan fingerprint density at radius 2 is 1.83 bits per heavy atom. The van der Waals surface area contributed by atoms with Crippen molar-refractivity contribution < 1.29 is 9.15 Å². The fourth-order valence-electron chi connectivity index (χ4n) is 3.65. The van der Waals surface area contributed by atoms with Gasteiger partial charge in [-0.2, -0.15) is 5.26 Å². The van der Waals surface area contributed by atoms with Gasteiger partial charge in [-0.3, -0.25) is 0 Å². The number of oxazole rings is 1. The number of hydrogen-bond donors (Lipinski definition) is 0. The summed E-state index contributed by atoms with van der Waals surface area (Å²) in [4.78, 5) is 6.57. The number of anilines is 1. The van der Waals surface area contributed by atoms with Crippen LogP contribution < -0.4 is 4.90 Å². The van der Waals surface area contributed by atoms with Gasteiger partial charge in [0, 0.05) is 19.0 Å². The average molecular weight is 323 g/mol. The van der Waals surface area contributed by atoms with E-state index in [0.29, 0.717) is 23.4 Å². The molecule has 0 spiro atoms. The van der Waals surface area contributed by atoms with Crippen LogP contribution in [-0.2, 0) is 4.74 Å². The van der Waals surface area contributed by atoms with Gasteiger partial charge < -0.3 is 14.1 Å². The number of aromatic nitrogens is 1. The van der Waals surface area contributed by atoms with Gasteiger partial charge in [0.05, 0.1) is 12.2 Å². The summed E-state index contributed by atoms with van der Waals surface area (Å²) in [6, 6.07) is 12.6. The van der Waals surface area contributed by atoms with Crippen LogP contribution in [0.2, 0.25) is 0 Å². The molecular formula is C19H21N3O2. The van der Waals surface area contributed by atoms with Crippen molar-refractivity contribution in [1.82, 2.24) is 4.98 Å². The number of rotatable bonds is 3. The lowest BCUT2D eigenvalue weighted by atomic mass is 10.1. The van der Waals surface area contributed by atoms with Crippen LogP contribution in [0, 0.1) is 11.3 Å². The van der Waals surface area contributed by atoms with Crippen LogP contribution in [0.3, 0.4) is 0 Å². The standard InChI is InChI=1S/C19H21N3O2/c1-12-10-22(11-13(2)23-12)19-17(9-20)21-18(24-19)16-8-15(16)14-6-4-3-5-7-14/h3-7,12-13,15-16H,8,10-11H2,1-2H3/t12-,13+,15-,16+/m1/s1. The van der Waals surface area contributed by atoms with Gasteiger partial charge in [-0.1, -0.05) is 30.3 Å². The molecule has 0 radical (unpaired) electrons. The molecule has 124 valence electrons. The van der Waals surface area contributed by atoms with Gasteiger partial charge in [-0.15, -0.1) is 0 Å². The molecule has 0 unspecified atom stereocenters. The van der Waals surface area contributed by atoms with E-state index < -0.39 is 0 Å². The number of ether oxygens (including phenoxy) is 1. The van der Waals surface area contributed by atoms with Gasteiger partial charge in [0.15, 0.2) is 0 Å². The second kappa shape index (κ2) is 5.95. The van der Waals surface area contributed by atoms with Gasteiger partial charge in [-0.05, 0) is 31.7 Å². The third kappa shape index (κ3) is 2.78. The first-order valence-corrected chi connectivity index (χ1v) is 8.52. The minimum atomic E-state index is 0.117. The zero-order chi connectivity index (χ0) is 16.7. The van der Waals surface area contributed by atoms with Crippen molar-refractivity contribution in [3.8, 4) is 6.07 Å². The highest BCUT2D eigenvalue weighted by Crippen LogP contribution is 2.54. The number of morpholine rings is 1. The lowest BCUT2D eigenvalue weighted by Gasteiger charge is -2.34. The first-order valence-electron chi connectivity index (χ1n) is 8.52. The highest BCUT2D eigenvalue weighted by atomic mass is 16.5. The van der Waals surface area contributed by atoms with E-state index in [1.54, 1.807) is 0 Å². The molecule has 0 amide bonds. The molecule has 0 N–H and O–H groups in total. The molecule has 1 saturated heterocycles. The maximum absolute atomic E-state index is 9.45. The molecular weight excluding hydrogens is 302 g/mol. The quantitative estimate of drug-likeness (QED) is 0.866. The fraction of sp³-hybridized carbons (Fsp3) is 0.474. The van der Waals surface area contributed by atoms with Crippen LogP contribution in [0.5, 0.6) is 0 Å². The molecule has 2 heterocycles. The zero-order valence-corrected chi connectivity index (χ0v) is 14.0. The molecule has 5 nitrogen and oxygen atoms in total. The van der Waals surface area contributed by atoms with E-state index in [9.17, 15) is 5.26 Å². The van der Waals surface area contributed by atoms with Crippen molar-refractivity contribution in [2.75, 3.05) is 18.0 Å². The summed E-state index contributed by atoms with van der Waals surface area (Å²) >= 11 is 0. The second-order valence-corrected chi connectivity index (χ2v) is 6.84. The third-order valence-corrected chi connectivity index (χ3v) is 4.77. The first kappa shape index (κ1) is 15.2. The molecule has 1 aliphatic heterocycles. The van der Waals surface area contributed by atoms with Gasteiger partial charge in [0.2, 0.25) is 17.5 Å². The molecule has 1 aromatic carbocycles. The van der Waals surface area contributed by atoms with E-state index in [1.165, 1.54) is 5.56 Å². The molecule has 24 heavy (non-hydrogen) atoms. The van der Waals surface area contributed by atoms with Crippen molar-refractivity contribution in [3.05, 3.63) is 47.5 Å².